The summed E-state index contributed by atoms with van der Waals surface area (Å²) in [7, 11) is 0. The Kier molecular flexibility index (Phi) is 5.83. The van der Waals surface area contributed by atoms with Gasteiger partial charge in [-0.1, -0.05) is 23.7 Å². The van der Waals surface area contributed by atoms with Crippen LogP contribution in [0.5, 0.6) is 0 Å². The summed E-state index contributed by atoms with van der Waals surface area (Å²) in [5.74, 6) is 0.0781. The number of benzene rings is 1. The van der Waals surface area contributed by atoms with Gasteiger partial charge in [0.15, 0.2) is 0 Å². The van der Waals surface area contributed by atoms with Gasteiger partial charge in [0.05, 0.1) is 12.6 Å². The summed E-state index contributed by atoms with van der Waals surface area (Å²) in [6.45, 7) is 6.38. The van der Waals surface area contributed by atoms with E-state index >= 15 is 0 Å². The van der Waals surface area contributed by atoms with E-state index in [-0.39, 0.29) is 11.9 Å². The predicted octanol–water partition coefficient (Wildman–Crippen LogP) is 1.81. The van der Waals surface area contributed by atoms with Gasteiger partial charge in [0.2, 0.25) is 5.91 Å². The fourth-order valence-electron chi connectivity index (χ4n) is 2.38. The van der Waals surface area contributed by atoms with Crippen molar-refractivity contribution in [2.75, 3.05) is 32.7 Å². The third-order valence-electron chi connectivity index (χ3n) is 3.55. The van der Waals surface area contributed by atoms with Gasteiger partial charge in [0.1, 0.15) is 0 Å². The second-order valence-corrected chi connectivity index (χ2v) is 5.66. The molecular weight excluding hydrogens is 274 g/mol. The normalized spacial score (nSPS) is 18.3. The number of hydrogen-bond acceptors (Lipinski definition) is 3. The predicted molar refractivity (Wildman–Crippen MR) is 81.9 cm³/mol. The van der Waals surface area contributed by atoms with E-state index in [9.17, 15) is 4.79 Å². The van der Waals surface area contributed by atoms with Crippen molar-refractivity contribution in [1.82, 2.24) is 15.5 Å². The molecule has 1 aliphatic rings. The number of amides is 1. The van der Waals surface area contributed by atoms with Crippen LogP contribution < -0.4 is 10.6 Å². The molecule has 1 fully saturated rings. The fraction of sp³-hybridized carbons (Fsp3) is 0.533. The molecule has 0 spiro atoms. The SMILES string of the molecule is C[C@@H](NC(=O)CN1CCCNCC1)c1ccc(Cl)cc1. The van der Waals surface area contributed by atoms with Gasteiger partial charge in [0, 0.05) is 18.1 Å². The Morgan fingerprint density at radius 3 is 2.85 bits per heavy atom. The highest BCUT2D eigenvalue weighted by Gasteiger charge is 2.14. The van der Waals surface area contributed by atoms with Crippen molar-refractivity contribution >= 4 is 17.5 Å². The molecule has 1 heterocycles. The average molecular weight is 296 g/mol. The summed E-state index contributed by atoms with van der Waals surface area (Å²) < 4.78 is 0. The van der Waals surface area contributed by atoms with Crippen LogP contribution in [0.4, 0.5) is 0 Å². The molecule has 110 valence electrons. The van der Waals surface area contributed by atoms with E-state index in [1.807, 2.05) is 31.2 Å². The molecule has 5 heteroatoms. The smallest absolute Gasteiger partial charge is 0.234 e. The molecule has 0 unspecified atom stereocenters. The summed E-state index contributed by atoms with van der Waals surface area (Å²) in [5.41, 5.74) is 1.07. The van der Waals surface area contributed by atoms with Crippen LogP contribution in [0.25, 0.3) is 0 Å². The Hall–Kier alpha value is -1.10. The number of halogens is 1. The maximum Gasteiger partial charge on any atom is 0.234 e. The summed E-state index contributed by atoms with van der Waals surface area (Å²) >= 11 is 5.87. The number of hydrogen-bond donors (Lipinski definition) is 2. The molecule has 1 aliphatic heterocycles. The Morgan fingerprint density at radius 1 is 1.35 bits per heavy atom. The molecule has 0 aliphatic carbocycles. The van der Waals surface area contributed by atoms with E-state index in [0.29, 0.717) is 11.6 Å². The van der Waals surface area contributed by atoms with E-state index in [2.05, 4.69) is 15.5 Å². The Labute approximate surface area is 125 Å². The van der Waals surface area contributed by atoms with Crippen molar-refractivity contribution in [2.24, 2.45) is 0 Å². The zero-order chi connectivity index (χ0) is 14.4. The number of nitrogens with zero attached hydrogens (tertiary/aromatic N) is 1. The first-order valence-electron chi connectivity index (χ1n) is 7.13. The highest BCUT2D eigenvalue weighted by Crippen LogP contribution is 2.15. The molecule has 1 aromatic rings. The van der Waals surface area contributed by atoms with Crippen LogP contribution in [-0.2, 0) is 4.79 Å². The maximum atomic E-state index is 12.1. The molecule has 1 amide bonds. The van der Waals surface area contributed by atoms with Crippen LogP contribution >= 0.6 is 11.6 Å². The van der Waals surface area contributed by atoms with Crippen LogP contribution in [-0.4, -0.2) is 43.5 Å². The fourth-order valence-corrected chi connectivity index (χ4v) is 2.51. The molecule has 4 nitrogen and oxygen atoms in total. The van der Waals surface area contributed by atoms with Crippen LogP contribution in [0.3, 0.4) is 0 Å². The lowest BCUT2D eigenvalue weighted by Gasteiger charge is -2.21. The molecule has 0 saturated carbocycles. The average Bonchev–Trinajstić information content (AvgIpc) is 2.68. The van der Waals surface area contributed by atoms with E-state index in [1.54, 1.807) is 0 Å². The topological polar surface area (TPSA) is 44.4 Å². The first kappa shape index (κ1) is 15.3. The van der Waals surface area contributed by atoms with Gasteiger partial charge in [-0.25, -0.2) is 0 Å². The second kappa shape index (κ2) is 7.62. The lowest BCUT2D eigenvalue weighted by molar-refractivity contribution is -0.122. The van der Waals surface area contributed by atoms with Crippen molar-refractivity contribution in [2.45, 2.75) is 19.4 Å². The summed E-state index contributed by atoms with van der Waals surface area (Å²) in [6.07, 6.45) is 1.10. The monoisotopic (exact) mass is 295 g/mol. The minimum Gasteiger partial charge on any atom is -0.348 e. The van der Waals surface area contributed by atoms with E-state index in [4.69, 9.17) is 11.6 Å². The Morgan fingerprint density at radius 2 is 2.10 bits per heavy atom. The maximum absolute atomic E-state index is 12.1. The van der Waals surface area contributed by atoms with Gasteiger partial charge in [-0.2, -0.15) is 0 Å². The lowest BCUT2D eigenvalue weighted by Crippen LogP contribution is -2.39. The van der Waals surface area contributed by atoms with Crippen molar-refractivity contribution in [3.05, 3.63) is 34.9 Å². The standard InChI is InChI=1S/C15H22ClN3O/c1-12(13-3-5-14(16)6-4-13)18-15(20)11-19-9-2-7-17-8-10-19/h3-6,12,17H,2,7-11H2,1H3,(H,18,20)/t12-/m1/s1. The molecule has 2 N–H and O–H groups in total. The second-order valence-electron chi connectivity index (χ2n) is 5.22. The van der Waals surface area contributed by atoms with Crippen molar-refractivity contribution in [3.8, 4) is 0 Å². The molecule has 0 aromatic heterocycles. The van der Waals surface area contributed by atoms with Crippen molar-refractivity contribution < 1.29 is 4.79 Å². The molecule has 1 atom stereocenters. The first-order chi connectivity index (χ1) is 9.65. The highest BCUT2D eigenvalue weighted by molar-refractivity contribution is 6.30. The van der Waals surface area contributed by atoms with Crippen LogP contribution in [0.15, 0.2) is 24.3 Å². The molecular formula is C15H22ClN3O. The summed E-state index contributed by atoms with van der Waals surface area (Å²) in [5, 5.41) is 7.09. The number of nitrogens with one attached hydrogen (secondary N) is 2. The third-order valence-corrected chi connectivity index (χ3v) is 3.80. The van der Waals surface area contributed by atoms with Gasteiger partial charge in [-0.15, -0.1) is 0 Å². The molecule has 1 saturated heterocycles. The van der Waals surface area contributed by atoms with Gasteiger partial charge in [0.25, 0.3) is 0 Å². The number of carbonyl (C=O) groups excluding carboxylic acids is 1. The third kappa shape index (κ3) is 4.78. The number of carbonyl (C=O) groups is 1. The quantitative estimate of drug-likeness (QED) is 0.890. The van der Waals surface area contributed by atoms with E-state index < -0.39 is 0 Å². The zero-order valence-corrected chi connectivity index (χ0v) is 12.6. The van der Waals surface area contributed by atoms with Crippen LogP contribution in [0, 0.1) is 0 Å². The van der Waals surface area contributed by atoms with E-state index in [0.717, 1.165) is 38.2 Å². The first-order valence-corrected chi connectivity index (χ1v) is 7.51. The van der Waals surface area contributed by atoms with Gasteiger partial charge in [-0.05, 0) is 44.1 Å². The largest absolute Gasteiger partial charge is 0.348 e. The van der Waals surface area contributed by atoms with Crippen molar-refractivity contribution in [3.63, 3.8) is 0 Å². The minimum atomic E-state index is 0.00451. The van der Waals surface area contributed by atoms with E-state index in [1.165, 1.54) is 0 Å². The van der Waals surface area contributed by atoms with Gasteiger partial charge >= 0.3 is 0 Å². The van der Waals surface area contributed by atoms with Crippen LogP contribution in [0.1, 0.15) is 24.9 Å². The van der Waals surface area contributed by atoms with Gasteiger partial charge in [-0.3, -0.25) is 9.69 Å². The van der Waals surface area contributed by atoms with Crippen LogP contribution in [0.2, 0.25) is 5.02 Å². The summed E-state index contributed by atoms with van der Waals surface area (Å²) in [4.78, 5) is 14.3. The highest BCUT2D eigenvalue weighted by atomic mass is 35.5. The van der Waals surface area contributed by atoms with Gasteiger partial charge < -0.3 is 10.6 Å². The molecule has 1 aromatic carbocycles. The number of rotatable bonds is 4. The lowest BCUT2D eigenvalue weighted by atomic mass is 10.1. The zero-order valence-electron chi connectivity index (χ0n) is 11.9. The Bertz CT molecular complexity index is 427. The summed E-state index contributed by atoms with van der Waals surface area (Å²) in [6, 6.07) is 7.59. The molecule has 0 radical (unpaired) electrons. The van der Waals surface area contributed by atoms with Crippen molar-refractivity contribution in [1.29, 1.82) is 0 Å². The molecule has 20 heavy (non-hydrogen) atoms. The molecule has 0 bridgehead atoms. The minimum absolute atomic E-state index is 0.00451. The Balaban J connectivity index is 1.82. The molecule has 2 rings (SSSR count).